The molecule has 0 aliphatic heterocycles. The molecule has 0 aliphatic carbocycles. The Labute approximate surface area is 118 Å². The highest BCUT2D eigenvalue weighted by Crippen LogP contribution is 2.25. The quantitative estimate of drug-likeness (QED) is 0.868. The van der Waals surface area contributed by atoms with Crippen LogP contribution in [0.4, 0.5) is 4.39 Å². The third-order valence-electron chi connectivity index (χ3n) is 3.26. The summed E-state index contributed by atoms with van der Waals surface area (Å²) in [5.41, 5.74) is 8.71. The van der Waals surface area contributed by atoms with Gasteiger partial charge in [0.1, 0.15) is 5.82 Å². The molecule has 0 radical (unpaired) electrons. The maximum Gasteiger partial charge on any atom is 0.129 e. The first-order valence-corrected chi connectivity index (χ1v) is 6.67. The van der Waals surface area contributed by atoms with Crippen molar-refractivity contribution in [3.05, 3.63) is 70.0 Å². The van der Waals surface area contributed by atoms with Gasteiger partial charge in [0.15, 0.2) is 0 Å². The maximum atomic E-state index is 13.8. The standard InChI is InChI=1S/C16H17ClFN/c1-10(2)11-3-5-12(6-4-11)16(19)14-8-7-13(17)9-15(14)18/h3-10,16H,19H2,1-2H3. The summed E-state index contributed by atoms with van der Waals surface area (Å²) < 4.78 is 13.8. The van der Waals surface area contributed by atoms with Crippen molar-refractivity contribution in [2.24, 2.45) is 5.73 Å². The lowest BCUT2D eigenvalue weighted by atomic mass is 9.95. The zero-order chi connectivity index (χ0) is 14.0. The van der Waals surface area contributed by atoms with Crippen molar-refractivity contribution in [2.45, 2.75) is 25.8 Å². The number of rotatable bonds is 3. The summed E-state index contributed by atoms with van der Waals surface area (Å²) in [7, 11) is 0. The van der Waals surface area contributed by atoms with E-state index in [0.717, 1.165) is 5.56 Å². The third-order valence-corrected chi connectivity index (χ3v) is 3.49. The van der Waals surface area contributed by atoms with Crippen molar-refractivity contribution in [3.8, 4) is 0 Å². The predicted octanol–water partition coefficient (Wildman–Crippen LogP) is 4.65. The van der Waals surface area contributed by atoms with Crippen molar-refractivity contribution in [2.75, 3.05) is 0 Å². The van der Waals surface area contributed by atoms with E-state index in [1.165, 1.54) is 11.6 Å². The van der Waals surface area contributed by atoms with E-state index in [1.54, 1.807) is 12.1 Å². The molecule has 19 heavy (non-hydrogen) atoms. The fourth-order valence-corrected chi connectivity index (χ4v) is 2.18. The lowest BCUT2D eigenvalue weighted by Crippen LogP contribution is -2.13. The van der Waals surface area contributed by atoms with Gasteiger partial charge in [0.05, 0.1) is 6.04 Å². The fraction of sp³-hybridized carbons (Fsp3) is 0.250. The Morgan fingerprint density at radius 2 is 1.58 bits per heavy atom. The number of halogens is 2. The molecular formula is C16H17ClFN. The Kier molecular flexibility index (Phi) is 4.23. The van der Waals surface area contributed by atoms with Gasteiger partial charge >= 0.3 is 0 Å². The molecule has 2 rings (SSSR count). The summed E-state index contributed by atoms with van der Waals surface area (Å²) in [5.74, 6) is 0.102. The van der Waals surface area contributed by atoms with Gasteiger partial charge in [-0.1, -0.05) is 55.8 Å². The molecule has 0 saturated carbocycles. The van der Waals surface area contributed by atoms with Crippen LogP contribution in [-0.2, 0) is 0 Å². The molecule has 2 N–H and O–H groups in total. The average Bonchev–Trinajstić information content (AvgIpc) is 2.38. The van der Waals surface area contributed by atoms with Crippen LogP contribution < -0.4 is 5.73 Å². The van der Waals surface area contributed by atoms with Gasteiger partial charge in [-0.3, -0.25) is 0 Å². The lowest BCUT2D eigenvalue weighted by Gasteiger charge is -2.15. The van der Waals surface area contributed by atoms with Gasteiger partial charge < -0.3 is 5.73 Å². The topological polar surface area (TPSA) is 26.0 Å². The molecule has 0 aromatic heterocycles. The minimum atomic E-state index is -0.474. The molecule has 1 nitrogen and oxygen atoms in total. The second kappa shape index (κ2) is 5.72. The van der Waals surface area contributed by atoms with E-state index in [2.05, 4.69) is 13.8 Å². The van der Waals surface area contributed by atoms with Crippen LogP contribution in [-0.4, -0.2) is 0 Å². The van der Waals surface area contributed by atoms with E-state index in [9.17, 15) is 4.39 Å². The highest BCUT2D eigenvalue weighted by atomic mass is 35.5. The Morgan fingerprint density at radius 3 is 2.11 bits per heavy atom. The summed E-state index contributed by atoms with van der Waals surface area (Å²) in [4.78, 5) is 0. The Bertz CT molecular complexity index is 563. The van der Waals surface area contributed by atoms with Gasteiger partial charge in [0.2, 0.25) is 0 Å². The first kappa shape index (κ1) is 14.0. The zero-order valence-corrected chi connectivity index (χ0v) is 11.8. The molecule has 2 aromatic carbocycles. The van der Waals surface area contributed by atoms with Crippen LogP contribution in [0.5, 0.6) is 0 Å². The number of hydrogen-bond acceptors (Lipinski definition) is 1. The van der Waals surface area contributed by atoms with Gasteiger partial charge in [-0.25, -0.2) is 4.39 Å². The highest BCUT2D eigenvalue weighted by molar-refractivity contribution is 6.30. The molecule has 0 heterocycles. The minimum absolute atomic E-state index is 0.368. The molecule has 0 bridgehead atoms. The van der Waals surface area contributed by atoms with Crippen molar-refractivity contribution < 1.29 is 4.39 Å². The van der Waals surface area contributed by atoms with Crippen molar-refractivity contribution >= 4 is 11.6 Å². The Balaban J connectivity index is 2.30. The summed E-state index contributed by atoms with van der Waals surface area (Å²) in [6, 6.07) is 12.1. The first-order chi connectivity index (χ1) is 8.99. The van der Waals surface area contributed by atoms with Gasteiger partial charge in [-0.15, -0.1) is 0 Å². The summed E-state index contributed by atoms with van der Waals surface area (Å²) >= 11 is 5.74. The second-order valence-electron chi connectivity index (χ2n) is 4.96. The molecule has 0 saturated heterocycles. The van der Waals surface area contributed by atoms with Crippen LogP contribution in [0.15, 0.2) is 42.5 Å². The smallest absolute Gasteiger partial charge is 0.129 e. The number of nitrogens with two attached hydrogens (primary N) is 1. The van der Waals surface area contributed by atoms with E-state index in [4.69, 9.17) is 17.3 Å². The van der Waals surface area contributed by atoms with Gasteiger partial charge in [-0.2, -0.15) is 0 Å². The van der Waals surface area contributed by atoms with Crippen LogP contribution >= 0.6 is 11.6 Å². The molecule has 2 aromatic rings. The Hall–Kier alpha value is -1.38. The first-order valence-electron chi connectivity index (χ1n) is 6.29. The van der Waals surface area contributed by atoms with Crippen LogP contribution in [0.3, 0.4) is 0 Å². The maximum absolute atomic E-state index is 13.8. The monoisotopic (exact) mass is 277 g/mol. The van der Waals surface area contributed by atoms with Gasteiger partial charge in [-0.05, 0) is 29.2 Å². The minimum Gasteiger partial charge on any atom is -0.320 e. The normalized spacial score (nSPS) is 12.7. The van der Waals surface area contributed by atoms with Crippen molar-refractivity contribution in [1.82, 2.24) is 0 Å². The van der Waals surface area contributed by atoms with Crippen LogP contribution in [0.25, 0.3) is 0 Å². The number of hydrogen-bond donors (Lipinski definition) is 1. The lowest BCUT2D eigenvalue weighted by molar-refractivity contribution is 0.599. The molecule has 0 fully saturated rings. The molecule has 100 valence electrons. The molecule has 0 spiro atoms. The second-order valence-corrected chi connectivity index (χ2v) is 5.40. The molecule has 0 amide bonds. The number of benzene rings is 2. The van der Waals surface area contributed by atoms with Crippen molar-refractivity contribution in [1.29, 1.82) is 0 Å². The molecule has 1 atom stereocenters. The molecule has 0 aliphatic rings. The summed E-state index contributed by atoms with van der Waals surface area (Å²) in [6.07, 6.45) is 0. The van der Waals surface area contributed by atoms with Crippen LogP contribution in [0.2, 0.25) is 5.02 Å². The summed E-state index contributed by atoms with van der Waals surface area (Å²) in [5, 5.41) is 0.378. The Morgan fingerprint density at radius 1 is 1.00 bits per heavy atom. The van der Waals surface area contributed by atoms with E-state index in [1.807, 2.05) is 24.3 Å². The SMILES string of the molecule is CC(C)c1ccc(C(N)c2ccc(Cl)cc2F)cc1. The van der Waals surface area contributed by atoms with E-state index in [-0.39, 0.29) is 5.82 Å². The largest absolute Gasteiger partial charge is 0.320 e. The molecule has 3 heteroatoms. The third kappa shape index (κ3) is 3.14. The van der Waals surface area contributed by atoms with E-state index >= 15 is 0 Å². The highest BCUT2D eigenvalue weighted by Gasteiger charge is 2.14. The zero-order valence-electron chi connectivity index (χ0n) is 11.0. The average molecular weight is 278 g/mol. The fourth-order valence-electron chi connectivity index (χ4n) is 2.02. The predicted molar refractivity (Wildman–Crippen MR) is 78.0 cm³/mol. The van der Waals surface area contributed by atoms with Gasteiger partial charge in [0.25, 0.3) is 0 Å². The van der Waals surface area contributed by atoms with Crippen LogP contribution in [0.1, 0.15) is 42.5 Å². The molecule has 1 unspecified atom stereocenters. The van der Waals surface area contributed by atoms with E-state index in [0.29, 0.717) is 16.5 Å². The summed E-state index contributed by atoms with van der Waals surface area (Å²) in [6.45, 7) is 4.27. The van der Waals surface area contributed by atoms with Crippen molar-refractivity contribution in [3.63, 3.8) is 0 Å². The molecular weight excluding hydrogens is 261 g/mol. The van der Waals surface area contributed by atoms with Crippen LogP contribution in [0, 0.1) is 5.82 Å². The van der Waals surface area contributed by atoms with E-state index < -0.39 is 6.04 Å². The van der Waals surface area contributed by atoms with Gasteiger partial charge in [0, 0.05) is 10.6 Å².